The number of amides is 1. The number of hydrogen-bond donors (Lipinski definition) is 2. The smallest absolute Gasteiger partial charge is 0.313 e. The topological polar surface area (TPSA) is 95.5 Å². The maximum absolute atomic E-state index is 12.8. The predicted octanol–water partition coefficient (Wildman–Crippen LogP) is 1.52. The van der Waals surface area contributed by atoms with Gasteiger partial charge in [-0.25, -0.2) is 0 Å². The van der Waals surface area contributed by atoms with Crippen molar-refractivity contribution in [3.05, 3.63) is 30.0 Å². The van der Waals surface area contributed by atoms with Gasteiger partial charge in [-0.3, -0.25) is 14.7 Å². The van der Waals surface area contributed by atoms with Gasteiger partial charge in [-0.1, -0.05) is 18.2 Å². The van der Waals surface area contributed by atoms with Crippen LogP contribution in [-0.2, 0) is 9.53 Å². The molecule has 1 fully saturated rings. The Labute approximate surface area is 133 Å². The molecule has 1 unspecified atom stereocenters. The molecule has 2 N–H and O–H groups in total. The summed E-state index contributed by atoms with van der Waals surface area (Å²) >= 11 is 0. The van der Waals surface area contributed by atoms with Gasteiger partial charge in [0.15, 0.2) is 5.69 Å². The average Bonchev–Trinajstić information content (AvgIpc) is 2.98. The van der Waals surface area contributed by atoms with E-state index in [2.05, 4.69) is 10.2 Å². The summed E-state index contributed by atoms with van der Waals surface area (Å²) in [6.07, 6.45) is 1.13. The molecule has 7 nitrogen and oxygen atoms in total. The van der Waals surface area contributed by atoms with Gasteiger partial charge < -0.3 is 14.7 Å². The van der Waals surface area contributed by atoms with E-state index in [-0.39, 0.29) is 19.1 Å². The molecule has 3 rings (SSSR count). The molecule has 0 spiro atoms. The molecule has 0 bridgehead atoms. The number of rotatable bonds is 4. The Hall–Kier alpha value is -2.41. The second-order valence-corrected chi connectivity index (χ2v) is 5.97. The number of carbonyl (C=O) groups excluding carboxylic acids is 1. The first-order valence-corrected chi connectivity index (χ1v) is 7.52. The number of benzene rings is 1. The second-order valence-electron chi connectivity index (χ2n) is 5.97. The van der Waals surface area contributed by atoms with Crippen LogP contribution in [0.4, 0.5) is 0 Å². The van der Waals surface area contributed by atoms with Gasteiger partial charge in [0.2, 0.25) is 0 Å². The zero-order valence-corrected chi connectivity index (χ0v) is 12.9. The van der Waals surface area contributed by atoms with E-state index < -0.39 is 11.4 Å². The van der Waals surface area contributed by atoms with Gasteiger partial charge in [-0.15, -0.1) is 0 Å². The third kappa shape index (κ3) is 2.68. The molecule has 23 heavy (non-hydrogen) atoms. The van der Waals surface area contributed by atoms with Gasteiger partial charge in [0.05, 0.1) is 12.1 Å². The van der Waals surface area contributed by atoms with Crippen LogP contribution in [0.5, 0.6) is 0 Å². The summed E-state index contributed by atoms with van der Waals surface area (Å²) in [4.78, 5) is 26.1. The van der Waals surface area contributed by atoms with Gasteiger partial charge in [0, 0.05) is 25.6 Å². The van der Waals surface area contributed by atoms with Gasteiger partial charge in [0.1, 0.15) is 5.41 Å². The van der Waals surface area contributed by atoms with Gasteiger partial charge >= 0.3 is 5.97 Å². The number of aromatic amines is 1. The average molecular weight is 317 g/mol. The number of aliphatic carboxylic acids is 1. The van der Waals surface area contributed by atoms with E-state index in [0.717, 1.165) is 10.9 Å². The molecule has 2 heterocycles. The van der Waals surface area contributed by atoms with Crippen LogP contribution in [0.2, 0.25) is 0 Å². The molecule has 1 aromatic carbocycles. The van der Waals surface area contributed by atoms with Crippen LogP contribution in [-0.4, -0.2) is 58.9 Å². The Kier molecular flexibility index (Phi) is 4.04. The van der Waals surface area contributed by atoms with Crippen molar-refractivity contribution in [1.29, 1.82) is 0 Å². The molecule has 122 valence electrons. The van der Waals surface area contributed by atoms with Crippen LogP contribution in [0.15, 0.2) is 24.3 Å². The summed E-state index contributed by atoms with van der Waals surface area (Å²) in [5, 5.41) is 17.3. The third-order valence-corrected chi connectivity index (χ3v) is 4.41. The van der Waals surface area contributed by atoms with E-state index in [0.29, 0.717) is 25.1 Å². The molecule has 0 saturated carbocycles. The van der Waals surface area contributed by atoms with Crippen molar-refractivity contribution in [3.63, 3.8) is 0 Å². The van der Waals surface area contributed by atoms with Crippen LogP contribution >= 0.6 is 0 Å². The monoisotopic (exact) mass is 317 g/mol. The first-order valence-electron chi connectivity index (χ1n) is 7.52. The number of hydrogen-bond acceptors (Lipinski definition) is 4. The number of carbonyl (C=O) groups is 2. The van der Waals surface area contributed by atoms with E-state index >= 15 is 0 Å². The minimum absolute atomic E-state index is 0.0907. The molecule has 7 heteroatoms. The Morgan fingerprint density at radius 3 is 2.96 bits per heavy atom. The fraction of sp³-hybridized carbons (Fsp3) is 0.438. The summed E-state index contributed by atoms with van der Waals surface area (Å²) in [5.74, 6) is -1.17. The number of likely N-dealkylation sites (tertiary alicyclic amines) is 1. The summed E-state index contributed by atoms with van der Waals surface area (Å²) in [6, 6.07) is 7.39. The van der Waals surface area contributed by atoms with Gasteiger partial charge in [-0.05, 0) is 18.9 Å². The lowest BCUT2D eigenvalue weighted by Crippen LogP contribution is -2.52. The molecule has 0 aliphatic carbocycles. The quantitative estimate of drug-likeness (QED) is 0.891. The number of aromatic nitrogens is 2. The predicted molar refractivity (Wildman–Crippen MR) is 83.2 cm³/mol. The minimum Gasteiger partial charge on any atom is -0.481 e. The Morgan fingerprint density at radius 2 is 2.22 bits per heavy atom. The van der Waals surface area contributed by atoms with E-state index in [1.54, 1.807) is 4.90 Å². The highest BCUT2D eigenvalue weighted by Crippen LogP contribution is 2.32. The molecule has 1 amide bonds. The lowest BCUT2D eigenvalue weighted by atomic mass is 9.80. The normalized spacial score (nSPS) is 21.5. The van der Waals surface area contributed by atoms with E-state index in [1.165, 1.54) is 7.11 Å². The number of ether oxygens (including phenoxy) is 1. The lowest BCUT2D eigenvalue weighted by molar-refractivity contribution is -0.155. The molecule has 0 radical (unpaired) electrons. The van der Waals surface area contributed by atoms with Gasteiger partial charge in [0.25, 0.3) is 5.91 Å². The number of piperidine rings is 1. The van der Waals surface area contributed by atoms with Crippen LogP contribution in [0, 0.1) is 5.41 Å². The van der Waals surface area contributed by atoms with Crippen molar-refractivity contribution in [2.75, 3.05) is 26.8 Å². The lowest BCUT2D eigenvalue weighted by Gasteiger charge is -2.39. The summed E-state index contributed by atoms with van der Waals surface area (Å²) in [7, 11) is 1.48. The van der Waals surface area contributed by atoms with Gasteiger partial charge in [-0.2, -0.15) is 5.10 Å². The fourth-order valence-corrected chi connectivity index (χ4v) is 3.21. The maximum atomic E-state index is 12.8. The zero-order chi connectivity index (χ0) is 16.4. The highest BCUT2D eigenvalue weighted by molar-refractivity contribution is 6.04. The van der Waals surface area contributed by atoms with Crippen molar-refractivity contribution < 1.29 is 19.4 Å². The Balaban J connectivity index is 1.89. The largest absolute Gasteiger partial charge is 0.481 e. The number of H-pyrrole nitrogens is 1. The van der Waals surface area contributed by atoms with Crippen molar-refractivity contribution in [3.8, 4) is 0 Å². The van der Waals surface area contributed by atoms with Crippen molar-refractivity contribution in [1.82, 2.24) is 15.1 Å². The summed E-state index contributed by atoms with van der Waals surface area (Å²) < 4.78 is 5.09. The Bertz CT molecular complexity index is 738. The number of fused-ring (bicyclic) bond motifs is 1. The molecule has 1 aromatic heterocycles. The van der Waals surface area contributed by atoms with Crippen molar-refractivity contribution in [2.45, 2.75) is 12.8 Å². The number of carboxylic acid groups (broad SMARTS) is 1. The summed E-state index contributed by atoms with van der Waals surface area (Å²) in [5.41, 5.74) is 0.0721. The molecular formula is C16H19N3O4. The van der Waals surface area contributed by atoms with E-state index in [4.69, 9.17) is 4.74 Å². The van der Waals surface area contributed by atoms with E-state index in [1.807, 2.05) is 24.3 Å². The van der Waals surface area contributed by atoms with Crippen LogP contribution in [0.3, 0.4) is 0 Å². The fourth-order valence-electron chi connectivity index (χ4n) is 3.21. The molecular weight excluding hydrogens is 298 g/mol. The molecule has 2 aromatic rings. The molecule has 1 saturated heterocycles. The number of nitrogens with zero attached hydrogens (tertiary/aromatic N) is 2. The van der Waals surface area contributed by atoms with Crippen LogP contribution in [0.25, 0.3) is 10.9 Å². The number of methoxy groups -OCH3 is 1. The Morgan fingerprint density at radius 1 is 1.43 bits per heavy atom. The van der Waals surface area contributed by atoms with Crippen LogP contribution in [0.1, 0.15) is 23.3 Å². The van der Waals surface area contributed by atoms with Crippen molar-refractivity contribution >= 4 is 22.8 Å². The van der Waals surface area contributed by atoms with E-state index in [9.17, 15) is 14.7 Å². The first kappa shape index (κ1) is 15.5. The highest BCUT2D eigenvalue weighted by atomic mass is 16.5. The number of carboxylic acids is 1. The molecule has 1 atom stereocenters. The minimum atomic E-state index is -1.05. The van der Waals surface area contributed by atoms with Crippen LogP contribution < -0.4 is 0 Å². The first-order chi connectivity index (χ1) is 11.1. The highest BCUT2D eigenvalue weighted by Gasteiger charge is 2.44. The molecule has 1 aliphatic heterocycles. The summed E-state index contributed by atoms with van der Waals surface area (Å²) in [6.45, 7) is 0.752. The number of para-hydroxylation sites is 1. The number of nitrogens with one attached hydrogen (secondary N) is 1. The zero-order valence-electron chi connectivity index (χ0n) is 12.9. The standard InChI is InChI=1S/C16H19N3O4/c1-23-10-16(15(21)22)7-4-8-19(9-16)14(20)13-11-5-2-3-6-12(11)17-18-13/h2-3,5-6H,4,7-10H2,1H3,(H,17,18)(H,21,22). The maximum Gasteiger partial charge on any atom is 0.313 e. The second kappa shape index (κ2) is 6.00. The van der Waals surface area contributed by atoms with Crippen molar-refractivity contribution in [2.24, 2.45) is 5.41 Å². The third-order valence-electron chi connectivity index (χ3n) is 4.41. The molecule has 1 aliphatic rings. The SMILES string of the molecule is COCC1(C(=O)O)CCCN(C(=O)c2n[nH]c3ccccc23)C1.